The van der Waals surface area contributed by atoms with Crippen LogP contribution < -0.4 is 10.9 Å². The summed E-state index contributed by atoms with van der Waals surface area (Å²) in [6.07, 6.45) is 5.01. The molecule has 0 fully saturated rings. The fraction of sp³-hybridized carbons (Fsp3) is 0.375. The quantitative estimate of drug-likeness (QED) is 0.925. The molecule has 104 valence electrons. The molecule has 0 aromatic carbocycles. The molecule has 0 atom stereocenters. The number of fused-ring (bicyclic) bond motifs is 1. The molecule has 0 unspecified atom stereocenters. The Morgan fingerprint density at radius 1 is 1.30 bits per heavy atom. The smallest absolute Gasteiger partial charge is 0.251 e. The van der Waals surface area contributed by atoms with E-state index in [1.807, 2.05) is 29.7 Å². The van der Waals surface area contributed by atoms with Crippen molar-refractivity contribution >= 4 is 5.82 Å². The van der Waals surface area contributed by atoms with E-state index in [1.165, 1.54) is 11.3 Å². The maximum Gasteiger partial charge on any atom is 0.251 e. The SMILES string of the molecule is CCNc1ncccc1Cn1c2c(ccc1=O)CCC2. The van der Waals surface area contributed by atoms with E-state index in [1.54, 1.807) is 12.3 Å². The van der Waals surface area contributed by atoms with Crippen LogP contribution in [-0.2, 0) is 19.4 Å². The number of anilines is 1. The summed E-state index contributed by atoms with van der Waals surface area (Å²) in [7, 11) is 0. The molecule has 0 aliphatic heterocycles. The van der Waals surface area contributed by atoms with Gasteiger partial charge in [-0.25, -0.2) is 4.98 Å². The van der Waals surface area contributed by atoms with E-state index < -0.39 is 0 Å². The van der Waals surface area contributed by atoms with E-state index in [-0.39, 0.29) is 5.56 Å². The molecule has 0 saturated heterocycles. The third-order valence-electron chi connectivity index (χ3n) is 3.81. The summed E-state index contributed by atoms with van der Waals surface area (Å²) in [6, 6.07) is 7.62. The van der Waals surface area contributed by atoms with Crippen LogP contribution in [0.15, 0.2) is 35.3 Å². The lowest BCUT2D eigenvalue weighted by Crippen LogP contribution is -2.24. The molecule has 2 aromatic rings. The van der Waals surface area contributed by atoms with E-state index in [0.29, 0.717) is 6.54 Å². The second kappa shape index (κ2) is 5.49. The number of hydrogen-bond acceptors (Lipinski definition) is 3. The highest BCUT2D eigenvalue weighted by molar-refractivity contribution is 5.44. The van der Waals surface area contributed by atoms with Gasteiger partial charge in [0.2, 0.25) is 0 Å². The standard InChI is InChI=1S/C16H19N3O/c1-2-17-16-13(6-4-10-18-16)11-19-14-7-3-5-12(14)8-9-15(19)20/h4,6,8-10H,2-3,5,7,11H2,1H3,(H,17,18). The van der Waals surface area contributed by atoms with Crippen LogP contribution in [0.3, 0.4) is 0 Å². The van der Waals surface area contributed by atoms with Crippen LogP contribution >= 0.6 is 0 Å². The fourth-order valence-electron chi connectivity index (χ4n) is 2.87. The zero-order valence-corrected chi connectivity index (χ0v) is 11.7. The van der Waals surface area contributed by atoms with Crippen molar-refractivity contribution in [1.82, 2.24) is 9.55 Å². The van der Waals surface area contributed by atoms with Crippen molar-refractivity contribution in [1.29, 1.82) is 0 Å². The summed E-state index contributed by atoms with van der Waals surface area (Å²) in [5.74, 6) is 0.873. The van der Waals surface area contributed by atoms with E-state index in [4.69, 9.17) is 0 Å². The summed E-state index contributed by atoms with van der Waals surface area (Å²) in [6.45, 7) is 3.47. The van der Waals surface area contributed by atoms with Gasteiger partial charge in [0.15, 0.2) is 0 Å². The Balaban J connectivity index is 2.00. The average Bonchev–Trinajstić information content (AvgIpc) is 2.93. The molecule has 0 amide bonds. The van der Waals surface area contributed by atoms with Crippen molar-refractivity contribution in [3.05, 3.63) is 57.6 Å². The minimum atomic E-state index is 0.0805. The van der Waals surface area contributed by atoms with Gasteiger partial charge in [-0.2, -0.15) is 0 Å². The molecular formula is C16H19N3O. The number of hydrogen-bond donors (Lipinski definition) is 1. The Bertz CT molecular complexity index is 676. The second-order valence-corrected chi connectivity index (χ2v) is 5.12. The monoisotopic (exact) mass is 269 g/mol. The van der Waals surface area contributed by atoms with Crippen molar-refractivity contribution in [2.45, 2.75) is 32.7 Å². The molecule has 4 nitrogen and oxygen atoms in total. The van der Waals surface area contributed by atoms with Crippen LogP contribution in [-0.4, -0.2) is 16.1 Å². The Labute approximate surface area is 118 Å². The highest BCUT2D eigenvalue weighted by atomic mass is 16.1. The summed E-state index contributed by atoms with van der Waals surface area (Å²) in [5.41, 5.74) is 3.66. The minimum absolute atomic E-state index is 0.0805. The number of nitrogens with zero attached hydrogens (tertiary/aromatic N) is 2. The van der Waals surface area contributed by atoms with Gasteiger partial charge in [0, 0.05) is 30.1 Å². The predicted molar refractivity (Wildman–Crippen MR) is 80.2 cm³/mol. The minimum Gasteiger partial charge on any atom is -0.370 e. The zero-order chi connectivity index (χ0) is 13.9. The molecule has 0 saturated carbocycles. The van der Waals surface area contributed by atoms with Crippen molar-refractivity contribution in [3.63, 3.8) is 0 Å². The van der Waals surface area contributed by atoms with Crippen molar-refractivity contribution < 1.29 is 0 Å². The molecule has 2 heterocycles. The normalized spacial score (nSPS) is 13.2. The zero-order valence-electron chi connectivity index (χ0n) is 11.7. The van der Waals surface area contributed by atoms with Crippen LogP contribution in [0, 0.1) is 0 Å². The lowest BCUT2D eigenvalue weighted by molar-refractivity contribution is 0.706. The van der Waals surface area contributed by atoms with Crippen molar-refractivity contribution in [2.24, 2.45) is 0 Å². The van der Waals surface area contributed by atoms with E-state index >= 15 is 0 Å². The topological polar surface area (TPSA) is 46.9 Å². The van der Waals surface area contributed by atoms with E-state index in [9.17, 15) is 4.79 Å². The van der Waals surface area contributed by atoms with Gasteiger partial charge in [0.05, 0.1) is 6.54 Å². The first kappa shape index (κ1) is 12.9. The number of rotatable bonds is 4. The second-order valence-electron chi connectivity index (χ2n) is 5.12. The number of nitrogens with one attached hydrogen (secondary N) is 1. The maximum absolute atomic E-state index is 12.2. The number of aryl methyl sites for hydroxylation is 1. The summed E-state index contributed by atoms with van der Waals surface area (Å²) < 4.78 is 1.90. The van der Waals surface area contributed by atoms with E-state index in [2.05, 4.69) is 10.3 Å². The molecule has 0 bridgehead atoms. The first-order valence-electron chi connectivity index (χ1n) is 7.19. The van der Waals surface area contributed by atoms with Crippen LogP contribution in [0.4, 0.5) is 5.82 Å². The predicted octanol–water partition coefficient (Wildman–Crippen LogP) is 2.21. The lowest BCUT2D eigenvalue weighted by Gasteiger charge is -2.14. The maximum atomic E-state index is 12.2. The Morgan fingerprint density at radius 3 is 3.05 bits per heavy atom. The molecule has 1 aliphatic rings. The van der Waals surface area contributed by atoms with Crippen molar-refractivity contribution in [2.75, 3.05) is 11.9 Å². The van der Waals surface area contributed by atoms with Gasteiger partial charge in [0.1, 0.15) is 5.82 Å². The third kappa shape index (κ3) is 2.33. The summed E-state index contributed by atoms with van der Waals surface area (Å²) >= 11 is 0. The first-order valence-corrected chi connectivity index (χ1v) is 7.19. The van der Waals surface area contributed by atoms with Gasteiger partial charge in [-0.15, -0.1) is 0 Å². The molecule has 20 heavy (non-hydrogen) atoms. The molecule has 2 aromatic heterocycles. The third-order valence-corrected chi connectivity index (χ3v) is 3.81. The van der Waals surface area contributed by atoms with Crippen molar-refractivity contribution in [3.8, 4) is 0 Å². The number of aromatic nitrogens is 2. The Kier molecular flexibility index (Phi) is 3.54. The largest absolute Gasteiger partial charge is 0.370 e. The lowest BCUT2D eigenvalue weighted by atomic mass is 10.2. The fourth-order valence-corrected chi connectivity index (χ4v) is 2.87. The van der Waals surface area contributed by atoms with Gasteiger partial charge in [-0.05, 0) is 37.8 Å². The number of pyridine rings is 2. The first-order chi connectivity index (χ1) is 9.79. The molecule has 0 radical (unpaired) electrons. The van der Waals surface area contributed by atoms with Gasteiger partial charge < -0.3 is 9.88 Å². The highest BCUT2D eigenvalue weighted by Gasteiger charge is 2.16. The molecule has 0 spiro atoms. The van der Waals surface area contributed by atoms with Crippen LogP contribution in [0.2, 0.25) is 0 Å². The van der Waals surface area contributed by atoms with Crippen LogP contribution in [0.5, 0.6) is 0 Å². The Morgan fingerprint density at radius 2 is 2.20 bits per heavy atom. The Hall–Kier alpha value is -2.10. The van der Waals surface area contributed by atoms with Crippen LogP contribution in [0.25, 0.3) is 0 Å². The van der Waals surface area contributed by atoms with Crippen LogP contribution in [0.1, 0.15) is 30.2 Å². The summed E-state index contributed by atoms with van der Waals surface area (Å²) in [5, 5.41) is 3.26. The van der Waals surface area contributed by atoms with Gasteiger partial charge in [0.25, 0.3) is 5.56 Å². The van der Waals surface area contributed by atoms with Gasteiger partial charge >= 0.3 is 0 Å². The summed E-state index contributed by atoms with van der Waals surface area (Å²) in [4.78, 5) is 16.5. The molecular weight excluding hydrogens is 250 g/mol. The highest BCUT2D eigenvalue weighted by Crippen LogP contribution is 2.21. The van der Waals surface area contributed by atoms with Gasteiger partial charge in [-0.3, -0.25) is 4.79 Å². The van der Waals surface area contributed by atoms with Gasteiger partial charge in [-0.1, -0.05) is 12.1 Å². The average molecular weight is 269 g/mol. The molecule has 4 heteroatoms. The van der Waals surface area contributed by atoms with E-state index in [0.717, 1.165) is 37.2 Å². The molecule has 1 aliphatic carbocycles. The molecule has 3 rings (SSSR count). The molecule has 1 N–H and O–H groups in total.